The predicted octanol–water partition coefficient (Wildman–Crippen LogP) is 4.06. The minimum Gasteiger partial charge on any atom is -0.490 e. The maximum Gasteiger partial charge on any atom is 0.126 e. The van der Waals surface area contributed by atoms with E-state index in [4.69, 9.17) is 9.47 Å². The number of para-hydroxylation sites is 1. The highest BCUT2D eigenvalue weighted by atomic mass is 16.6. The summed E-state index contributed by atoms with van der Waals surface area (Å²) >= 11 is 0. The minimum atomic E-state index is 0.325. The number of allylic oxidation sites excluding steroid dienone is 2. The minimum absolute atomic E-state index is 0.325. The van der Waals surface area contributed by atoms with Crippen LogP contribution in [0.3, 0.4) is 0 Å². The third-order valence-electron chi connectivity index (χ3n) is 3.10. The van der Waals surface area contributed by atoms with Crippen LogP contribution in [0.5, 0.6) is 5.75 Å². The van der Waals surface area contributed by atoms with E-state index < -0.39 is 0 Å². The Labute approximate surface area is 110 Å². The van der Waals surface area contributed by atoms with Gasteiger partial charge in [0.2, 0.25) is 0 Å². The van der Waals surface area contributed by atoms with Crippen LogP contribution >= 0.6 is 0 Å². The summed E-state index contributed by atoms with van der Waals surface area (Å²) in [6, 6.07) is 8.31. The lowest BCUT2D eigenvalue weighted by Gasteiger charge is -2.11. The second kappa shape index (κ2) is 6.60. The summed E-state index contributed by atoms with van der Waals surface area (Å²) in [6.07, 6.45) is 6.31. The van der Waals surface area contributed by atoms with Gasteiger partial charge in [-0.1, -0.05) is 38.1 Å². The first kappa shape index (κ1) is 13.2. The number of rotatable bonds is 4. The molecule has 1 aromatic carbocycles. The number of ether oxygens (including phenoxy) is 2. The van der Waals surface area contributed by atoms with Crippen molar-refractivity contribution in [1.29, 1.82) is 0 Å². The molecule has 1 aromatic rings. The Kier molecular flexibility index (Phi) is 4.82. The normalized spacial score (nSPS) is 20.8. The molecule has 1 aliphatic carbocycles. The molecule has 0 radical (unpaired) electrons. The largest absolute Gasteiger partial charge is 0.490 e. The van der Waals surface area contributed by atoms with Crippen LogP contribution in [-0.4, -0.2) is 19.3 Å². The van der Waals surface area contributed by atoms with Gasteiger partial charge in [0, 0.05) is 5.56 Å². The van der Waals surface area contributed by atoms with E-state index in [0.29, 0.717) is 12.7 Å². The van der Waals surface area contributed by atoms with Crippen LogP contribution in [0, 0.1) is 0 Å². The van der Waals surface area contributed by atoms with Crippen molar-refractivity contribution < 1.29 is 9.47 Å². The Hall–Kier alpha value is -1.28. The van der Waals surface area contributed by atoms with Crippen molar-refractivity contribution in [2.24, 2.45) is 0 Å². The molecule has 1 aliphatic heterocycles. The summed E-state index contributed by atoms with van der Waals surface area (Å²) in [4.78, 5) is 0. The fraction of sp³-hybridized carbons (Fsp3) is 0.500. The van der Waals surface area contributed by atoms with Gasteiger partial charge >= 0.3 is 0 Å². The molecule has 1 atom stereocenters. The van der Waals surface area contributed by atoms with Gasteiger partial charge in [0.05, 0.1) is 6.61 Å². The van der Waals surface area contributed by atoms with Crippen LogP contribution in [0.25, 0.3) is 5.57 Å². The lowest BCUT2D eigenvalue weighted by atomic mass is 10.0. The summed E-state index contributed by atoms with van der Waals surface area (Å²) in [7, 11) is 0. The van der Waals surface area contributed by atoms with Crippen LogP contribution in [0.1, 0.15) is 38.7 Å². The van der Waals surface area contributed by atoms with E-state index in [1.807, 2.05) is 19.9 Å². The molecule has 1 fully saturated rings. The van der Waals surface area contributed by atoms with E-state index >= 15 is 0 Å². The average molecular weight is 246 g/mol. The van der Waals surface area contributed by atoms with E-state index in [1.165, 1.54) is 30.4 Å². The molecule has 98 valence electrons. The number of hydrogen-bond donors (Lipinski definition) is 0. The SMILES string of the molecule is C1=C(c2ccccc2OCC2CO2)CCC1.CC. The van der Waals surface area contributed by atoms with Gasteiger partial charge in [-0.25, -0.2) is 0 Å². The molecule has 0 amide bonds. The first-order valence-corrected chi connectivity index (χ1v) is 6.96. The number of benzene rings is 1. The van der Waals surface area contributed by atoms with E-state index in [9.17, 15) is 0 Å². The molecule has 0 spiro atoms. The Morgan fingerprint density at radius 2 is 2.06 bits per heavy atom. The molecule has 0 saturated carbocycles. The maximum absolute atomic E-state index is 5.81. The van der Waals surface area contributed by atoms with Crippen molar-refractivity contribution in [3.05, 3.63) is 35.9 Å². The highest BCUT2D eigenvalue weighted by Gasteiger charge is 2.23. The molecule has 2 heteroatoms. The highest BCUT2D eigenvalue weighted by Crippen LogP contribution is 2.33. The molecule has 3 rings (SSSR count). The molecule has 0 aromatic heterocycles. The zero-order valence-electron chi connectivity index (χ0n) is 11.3. The summed E-state index contributed by atoms with van der Waals surface area (Å²) in [5.41, 5.74) is 2.70. The summed E-state index contributed by atoms with van der Waals surface area (Å²) < 4.78 is 11.0. The monoisotopic (exact) mass is 246 g/mol. The zero-order chi connectivity index (χ0) is 12.8. The maximum atomic E-state index is 5.81. The fourth-order valence-electron chi connectivity index (χ4n) is 2.12. The Morgan fingerprint density at radius 3 is 2.72 bits per heavy atom. The second-order valence-corrected chi connectivity index (χ2v) is 4.38. The number of hydrogen-bond acceptors (Lipinski definition) is 2. The highest BCUT2D eigenvalue weighted by molar-refractivity contribution is 5.71. The van der Waals surface area contributed by atoms with Gasteiger partial charge in [-0.05, 0) is 30.9 Å². The van der Waals surface area contributed by atoms with Crippen molar-refractivity contribution in [2.75, 3.05) is 13.2 Å². The fourth-order valence-corrected chi connectivity index (χ4v) is 2.12. The summed E-state index contributed by atoms with van der Waals surface area (Å²) in [6.45, 7) is 5.54. The first-order valence-electron chi connectivity index (χ1n) is 6.96. The number of epoxide rings is 1. The Bertz CT molecular complexity index is 405. The van der Waals surface area contributed by atoms with Crippen molar-refractivity contribution in [2.45, 2.75) is 39.2 Å². The first-order chi connectivity index (χ1) is 8.93. The summed E-state index contributed by atoms with van der Waals surface area (Å²) in [5.74, 6) is 1.01. The van der Waals surface area contributed by atoms with Crippen LogP contribution in [-0.2, 0) is 4.74 Å². The van der Waals surface area contributed by atoms with Gasteiger partial charge in [0.1, 0.15) is 18.5 Å². The molecule has 1 saturated heterocycles. The average Bonchev–Trinajstić information content (AvgIpc) is 3.11. The Balaban J connectivity index is 0.000000574. The molecule has 2 aliphatic rings. The van der Waals surface area contributed by atoms with Crippen LogP contribution in [0.2, 0.25) is 0 Å². The standard InChI is InChI=1S/C14H16O2.C2H6/c1-2-6-11(5-1)13-7-3-4-8-14(13)16-10-12-9-15-12;1-2/h3-5,7-8,12H,1-2,6,9-10H2;1-2H3. The van der Waals surface area contributed by atoms with Crippen molar-refractivity contribution in [3.8, 4) is 5.75 Å². The Morgan fingerprint density at radius 1 is 1.28 bits per heavy atom. The quantitative estimate of drug-likeness (QED) is 0.747. The van der Waals surface area contributed by atoms with Gasteiger partial charge in [0.25, 0.3) is 0 Å². The van der Waals surface area contributed by atoms with Crippen molar-refractivity contribution in [3.63, 3.8) is 0 Å². The molecule has 0 bridgehead atoms. The van der Waals surface area contributed by atoms with Gasteiger partial charge in [-0.3, -0.25) is 0 Å². The molecular formula is C16H22O2. The van der Waals surface area contributed by atoms with E-state index in [2.05, 4.69) is 24.3 Å². The van der Waals surface area contributed by atoms with Gasteiger partial charge in [-0.15, -0.1) is 0 Å². The smallest absolute Gasteiger partial charge is 0.126 e. The molecule has 0 N–H and O–H groups in total. The third-order valence-corrected chi connectivity index (χ3v) is 3.10. The van der Waals surface area contributed by atoms with Gasteiger partial charge < -0.3 is 9.47 Å². The molecule has 1 heterocycles. The zero-order valence-corrected chi connectivity index (χ0v) is 11.3. The van der Waals surface area contributed by atoms with Gasteiger partial charge in [0.15, 0.2) is 0 Å². The predicted molar refractivity (Wildman–Crippen MR) is 74.9 cm³/mol. The molecule has 18 heavy (non-hydrogen) atoms. The second-order valence-electron chi connectivity index (χ2n) is 4.38. The van der Waals surface area contributed by atoms with Crippen LogP contribution in [0.4, 0.5) is 0 Å². The van der Waals surface area contributed by atoms with E-state index in [-0.39, 0.29) is 0 Å². The molecule has 1 unspecified atom stereocenters. The van der Waals surface area contributed by atoms with E-state index in [0.717, 1.165) is 12.4 Å². The van der Waals surface area contributed by atoms with Crippen molar-refractivity contribution >= 4 is 5.57 Å². The van der Waals surface area contributed by atoms with Crippen LogP contribution in [0.15, 0.2) is 30.3 Å². The lowest BCUT2D eigenvalue weighted by molar-refractivity contribution is 0.262. The lowest BCUT2D eigenvalue weighted by Crippen LogP contribution is -2.05. The van der Waals surface area contributed by atoms with E-state index in [1.54, 1.807) is 0 Å². The third kappa shape index (κ3) is 3.36. The molecule has 2 nitrogen and oxygen atoms in total. The molecular weight excluding hydrogens is 224 g/mol. The summed E-state index contributed by atoms with van der Waals surface area (Å²) in [5, 5.41) is 0. The topological polar surface area (TPSA) is 21.8 Å². The van der Waals surface area contributed by atoms with Crippen molar-refractivity contribution in [1.82, 2.24) is 0 Å². The van der Waals surface area contributed by atoms with Gasteiger partial charge in [-0.2, -0.15) is 0 Å². The van der Waals surface area contributed by atoms with Crippen LogP contribution < -0.4 is 4.74 Å².